The highest BCUT2D eigenvalue weighted by atomic mass is 35.5. The van der Waals surface area contributed by atoms with Gasteiger partial charge in [-0.1, -0.05) is 54.1 Å². The van der Waals surface area contributed by atoms with Crippen LogP contribution in [-0.2, 0) is 14.3 Å². The Kier molecular flexibility index (Phi) is 5.14. The molecule has 4 rings (SSSR count). The van der Waals surface area contributed by atoms with E-state index < -0.39 is 0 Å². The quantitative estimate of drug-likeness (QED) is 0.815. The molecule has 2 saturated heterocycles. The van der Waals surface area contributed by atoms with Crippen molar-refractivity contribution in [1.29, 1.82) is 0 Å². The molecule has 2 aromatic carbocycles. The molecule has 0 saturated carbocycles. The molecule has 140 valence electrons. The summed E-state index contributed by atoms with van der Waals surface area (Å²) in [6.45, 7) is 1.94. The second-order valence-electron chi connectivity index (χ2n) is 6.91. The van der Waals surface area contributed by atoms with Crippen LogP contribution in [0, 0.1) is 5.92 Å². The number of rotatable bonds is 3. The van der Waals surface area contributed by atoms with E-state index in [2.05, 4.69) is 0 Å². The minimum absolute atomic E-state index is 0.0159. The van der Waals surface area contributed by atoms with Gasteiger partial charge in [0.1, 0.15) is 6.10 Å². The number of carbonyl (C=O) groups is 2. The molecule has 2 aliphatic rings. The molecule has 2 atom stereocenters. The number of hydrogen-bond acceptors (Lipinski definition) is 3. The van der Waals surface area contributed by atoms with Gasteiger partial charge in [0.15, 0.2) is 0 Å². The van der Waals surface area contributed by atoms with E-state index in [4.69, 9.17) is 16.3 Å². The van der Waals surface area contributed by atoms with Crippen molar-refractivity contribution in [2.75, 3.05) is 31.1 Å². The van der Waals surface area contributed by atoms with Gasteiger partial charge < -0.3 is 14.5 Å². The molecule has 2 heterocycles. The van der Waals surface area contributed by atoms with Crippen LogP contribution in [0.1, 0.15) is 18.1 Å². The number of amides is 2. The number of halogens is 1. The van der Waals surface area contributed by atoms with Crippen LogP contribution in [-0.4, -0.2) is 43.0 Å². The highest BCUT2D eigenvalue weighted by Crippen LogP contribution is 2.32. The third-order valence-corrected chi connectivity index (χ3v) is 5.49. The van der Waals surface area contributed by atoms with Gasteiger partial charge in [-0.15, -0.1) is 0 Å². The Labute approximate surface area is 163 Å². The lowest BCUT2D eigenvalue weighted by molar-refractivity contribution is -0.143. The molecule has 27 heavy (non-hydrogen) atoms. The van der Waals surface area contributed by atoms with Crippen molar-refractivity contribution in [1.82, 2.24) is 4.90 Å². The van der Waals surface area contributed by atoms with E-state index in [-0.39, 0.29) is 30.3 Å². The zero-order valence-electron chi connectivity index (χ0n) is 14.9. The summed E-state index contributed by atoms with van der Waals surface area (Å²) in [5, 5.41) is 0.523. The summed E-state index contributed by atoms with van der Waals surface area (Å²) < 4.78 is 5.85. The average molecular weight is 385 g/mol. The number of nitrogens with zero attached hydrogens (tertiary/aromatic N) is 2. The first kappa shape index (κ1) is 18.0. The van der Waals surface area contributed by atoms with Gasteiger partial charge in [0.05, 0.1) is 29.8 Å². The monoisotopic (exact) mass is 384 g/mol. The molecular formula is C21H21ClN2O3. The fourth-order valence-corrected chi connectivity index (χ4v) is 3.99. The Balaban J connectivity index is 1.45. The third-order valence-electron chi connectivity index (χ3n) is 5.17. The SMILES string of the molecule is O=C(C1CC(=O)N(c2ccccc2Cl)C1)N1CCOC(c2ccccc2)C1. The molecule has 0 bridgehead atoms. The van der Waals surface area contributed by atoms with Crippen LogP contribution in [0.25, 0.3) is 0 Å². The summed E-state index contributed by atoms with van der Waals surface area (Å²) in [5.74, 6) is -0.389. The maximum atomic E-state index is 13.0. The van der Waals surface area contributed by atoms with Crippen LogP contribution >= 0.6 is 11.6 Å². The first-order chi connectivity index (χ1) is 13.1. The first-order valence-electron chi connectivity index (χ1n) is 9.13. The van der Waals surface area contributed by atoms with Gasteiger partial charge in [0.2, 0.25) is 11.8 Å². The van der Waals surface area contributed by atoms with Gasteiger partial charge >= 0.3 is 0 Å². The molecule has 2 amide bonds. The second kappa shape index (κ2) is 7.71. The van der Waals surface area contributed by atoms with Gasteiger partial charge in [-0.05, 0) is 17.7 Å². The summed E-state index contributed by atoms with van der Waals surface area (Å²) in [5.41, 5.74) is 1.73. The van der Waals surface area contributed by atoms with E-state index in [1.165, 1.54) is 0 Å². The van der Waals surface area contributed by atoms with Crippen molar-refractivity contribution in [2.45, 2.75) is 12.5 Å². The Morgan fingerprint density at radius 3 is 2.56 bits per heavy atom. The minimum Gasteiger partial charge on any atom is -0.370 e. The predicted octanol–water partition coefficient (Wildman–Crippen LogP) is 3.29. The van der Waals surface area contributed by atoms with E-state index in [1.54, 1.807) is 11.0 Å². The van der Waals surface area contributed by atoms with E-state index in [0.717, 1.165) is 5.56 Å². The number of carbonyl (C=O) groups excluding carboxylic acids is 2. The number of hydrogen-bond donors (Lipinski definition) is 0. The number of morpholine rings is 1. The highest BCUT2D eigenvalue weighted by molar-refractivity contribution is 6.33. The second-order valence-corrected chi connectivity index (χ2v) is 7.32. The molecular weight excluding hydrogens is 364 g/mol. The van der Waals surface area contributed by atoms with E-state index >= 15 is 0 Å². The van der Waals surface area contributed by atoms with Crippen molar-refractivity contribution in [3.63, 3.8) is 0 Å². The Hall–Kier alpha value is -2.37. The van der Waals surface area contributed by atoms with E-state index in [0.29, 0.717) is 37.0 Å². The smallest absolute Gasteiger partial charge is 0.228 e. The summed E-state index contributed by atoms with van der Waals surface area (Å²) in [4.78, 5) is 29.0. The molecule has 0 N–H and O–H groups in total. The molecule has 2 fully saturated rings. The third kappa shape index (κ3) is 3.70. The average Bonchev–Trinajstić information content (AvgIpc) is 3.10. The van der Waals surface area contributed by atoms with E-state index in [1.807, 2.05) is 53.4 Å². The van der Waals surface area contributed by atoms with Crippen LogP contribution in [0.5, 0.6) is 0 Å². The maximum absolute atomic E-state index is 13.0. The Morgan fingerprint density at radius 2 is 1.78 bits per heavy atom. The molecule has 2 unspecified atom stereocenters. The van der Waals surface area contributed by atoms with Gasteiger partial charge in [-0.2, -0.15) is 0 Å². The normalized spacial score (nSPS) is 22.9. The van der Waals surface area contributed by atoms with Crippen molar-refractivity contribution in [2.24, 2.45) is 5.92 Å². The molecule has 0 aliphatic carbocycles. The van der Waals surface area contributed by atoms with E-state index in [9.17, 15) is 9.59 Å². The minimum atomic E-state index is -0.344. The molecule has 5 nitrogen and oxygen atoms in total. The first-order valence-corrected chi connectivity index (χ1v) is 9.51. The number of anilines is 1. The molecule has 2 aliphatic heterocycles. The standard InChI is InChI=1S/C21H21ClN2O3/c22-17-8-4-5-9-18(17)24-13-16(12-20(24)25)21(26)23-10-11-27-19(14-23)15-6-2-1-3-7-15/h1-9,16,19H,10-14H2. The van der Waals surface area contributed by atoms with Crippen molar-refractivity contribution in [3.05, 3.63) is 65.2 Å². The van der Waals surface area contributed by atoms with Gasteiger partial charge in [0.25, 0.3) is 0 Å². The molecule has 0 radical (unpaired) electrons. The molecule has 0 aromatic heterocycles. The predicted molar refractivity (Wildman–Crippen MR) is 104 cm³/mol. The lowest BCUT2D eigenvalue weighted by Crippen LogP contribution is -2.45. The highest BCUT2D eigenvalue weighted by Gasteiger charge is 2.39. The lowest BCUT2D eigenvalue weighted by Gasteiger charge is -2.34. The van der Waals surface area contributed by atoms with Gasteiger partial charge in [-0.3, -0.25) is 9.59 Å². The van der Waals surface area contributed by atoms with Crippen LogP contribution in [0.4, 0.5) is 5.69 Å². The van der Waals surface area contributed by atoms with Gasteiger partial charge in [-0.25, -0.2) is 0 Å². The fraction of sp³-hybridized carbons (Fsp3) is 0.333. The van der Waals surface area contributed by atoms with Crippen LogP contribution in [0.2, 0.25) is 5.02 Å². The summed E-state index contributed by atoms with van der Waals surface area (Å²) in [6, 6.07) is 17.2. The molecule has 0 spiro atoms. The van der Waals surface area contributed by atoms with Gasteiger partial charge in [0, 0.05) is 19.5 Å². The number of ether oxygens (including phenoxy) is 1. The lowest BCUT2D eigenvalue weighted by atomic mass is 10.0. The fourth-order valence-electron chi connectivity index (χ4n) is 3.75. The van der Waals surface area contributed by atoms with Crippen LogP contribution in [0.3, 0.4) is 0 Å². The maximum Gasteiger partial charge on any atom is 0.228 e. The zero-order valence-corrected chi connectivity index (χ0v) is 15.6. The van der Waals surface area contributed by atoms with Crippen molar-refractivity contribution >= 4 is 29.1 Å². The summed E-state index contributed by atoms with van der Waals surface area (Å²) >= 11 is 6.23. The molecule has 2 aromatic rings. The zero-order chi connectivity index (χ0) is 18.8. The Morgan fingerprint density at radius 1 is 1.04 bits per heavy atom. The summed E-state index contributed by atoms with van der Waals surface area (Å²) in [6.07, 6.45) is 0.0953. The summed E-state index contributed by atoms with van der Waals surface area (Å²) in [7, 11) is 0. The van der Waals surface area contributed by atoms with Crippen LogP contribution in [0.15, 0.2) is 54.6 Å². The van der Waals surface area contributed by atoms with Crippen LogP contribution < -0.4 is 4.90 Å². The molecule has 6 heteroatoms. The number of para-hydroxylation sites is 1. The topological polar surface area (TPSA) is 49.9 Å². The van der Waals surface area contributed by atoms with Crippen molar-refractivity contribution in [3.8, 4) is 0 Å². The Bertz CT molecular complexity index is 842. The number of benzene rings is 2. The van der Waals surface area contributed by atoms with Crippen molar-refractivity contribution < 1.29 is 14.3 Å². The largest absolute Gasteiger partial charge is 0.370 e.